The first-order valence-electron chi connectivity index (χ1n) is 9.41. The minimum Gasteiger partial charge on any atom is -0.493 e. The second-order valence-corrected chi connectivity index (χ2v) is 6.45. The normalized spacial score (nSPS) is 10.3. The molecule has 9 nitrogen and oxygen atoms in total. The standard InChI is InChI=1S/C22H20N6O3/c1-15-11-17(30-18-7-9-23-25-13-18)4-5-20(15)28-27-16-3-6-21(22(12-16)29-2)31-19-8-10-24-26-14-19/h3-14,27-28H,1-2H3. The second kappa shape index (κ2) is 9.40. The Morgan fingerprint density at radius 2 is 1.42 bits per heavy atom. The first-order chi connectivity index (χ1) is 15.2. The van der Waals surface area contributed by atoms with Gasteiger partial charge in [0.15, 0.2) is 11.5 Å². The summed E-state index contributed by atoms with van der Waals surface area (Å²) >= 11 is 0. The number of rotatable bonds is 8. The van der Waals surface area contributed by atoms with Crippen LogP contribution in [-0.4, -0.2) is 27.5 Å². The van der Waals surface area contributed by atoms with Gasteiger partial charge >= 0.3 is 0 Å². The molecule has 2 N–H and O–H groups in total. The van der Waals surface area contributed by atoms with Crippen molar-refractivity contribution in [2.75, 3.05) is 18.0 Å². The molecular weight excluding hydrogens is 396 g/mol. The van der Waals surface area contributed by atoms with E-state index in [0.29, 0.717) is 28.7 Å². The Labute approximate surface area is 179 Å². The summed E-state index contributed by atoms with van der Waals surface area (Å²) in [6.07, 6.45) is 6.25. The third kappa shape index (κ3) is 5.15. The fraction of sp³-hybridized carbons (Fsp3) is 0.0909. The number of nitrogens with one attached hydrogen (secondary N) is 2. The van der Waals surface area contributed by atoms with Crippen LogP contribution in [0.2, 0.25) is 0 Å². The van der Waals surface area contributed by atoms with Crippen molar-refractivity contribution >= 4 is 11.4 Å². The lowest BCUT2D eigenvalue weighted by atomic mass is 10.2. The molecule has 4 rings (SSSR count). The molecule has 31 heavy (non-hydrogen) atoms. The van der Waals surface area contributed by atoms with Gasteiger partial charge in [0.2, 0.25) is 0 Å². The topological polar surface area (TPSA) is 103 Å². The second-order valence-electron chi connectivity index (χ2n) is 6.45. The van der Waals surface area contributed by atoms with Crippen molar-refractivity contribution in [3.63, 3.8) is 0 Å². The lowest BCUT2D eigenvalue weighted by molar-refractivity contribution is 0.378. The summed E-state index contributed by atoms with van der Waals surface area (Å²) in [4.78, 5) is 0. The number of benzene rings is 2. The fourth-order valence-corrected chi connectivity index (χ4v) is 2.75. The highest BCUT2D eigenvalue weighted by atomic mass is 16.5. The highest BCUT2D eigenvalue weighted by Crippen LogP contribution is 2.33. The molecule has 0 radical (unpaired) electrons. The maximum absolute atomic E-state index is 5.80. The fourth-order valence-electron chi connectivity index (χ4n) is 2.75. The molecule has 2 aromatic heterocycles. The highest BCUT2D eigenvalue weighted by Gasteiger charge is 2.08. The van der Waals surface area contributed by atoms with Crippen LogP contribution < -0.4 is 25.1 Å². The summed E-state index contributed by atoms with van der Waals surface area (Å²) in [6.45, 7) is 1.99. The molecule has 9 heteroatoms. The van der Waals surface area contributed by atoms with Crippen LogP contribution in [-0.2, 0) is 0 Å². The summed E-state index contributed by atoms with van der Waals surface area (Å²) < 4.78 is 17.0. The predicted molar refractivity (Wildman–Crippen MR) is 116 cm³/mol. The molecule has 156 valence electrons. The van der Waals surface area contributed by atoms with Crippen LogP contribution in [0.25, 0.3) is 0 Å². The number of aryl methyl sites for hydroxylation is 1. The summed E-state index contributed by atoms with van der Waals surface area (Å²) in [5.41, 5.74) is 9.08. The maximum atomic E-state index is 5.80. The molecule has 4 aromatic rings. The molecule has 0 fully saturated rings. The van der Waals surface area contributed by atoms with E-state index in [0.717, 1.165) is 16.9 Å². The Hall–Kier alpha value is -4.40. The van der Waals surface area contributed by atoms with Gasteiger partial charge in [-0.1, -0.05) is 0 Å². The van der Waals surface area contributed by atoms with Crippen LogP contribution in [0.1, 0.15) is 5.56 Å². The van der Waals surface area contributed by atoms with Crippen LogP contribution in [0.15, 0.2) is 73.3 Å². The third-order valence-electron chi connectivity index (χ3n) is 4.28. The average molecular weight is 416 g/mol. The maximum Gasteiger partial charge on any atom is 0.169 e. The van der Waals surface area contributed by atoms with Crippen molar-refractivity contribution in [1.82, 2.24) is 20.4 Å². The third-order valence-corrected chi connectivity index (χ3v) is 4.28. The molecule has 0 amide bonds. The molecule has 0 unspecified atom stereocenters. The van der Waals surface area contributed by atoms with Crippen molar-refractivity contribution in [1.29, 1.82) is 0 Å². The van der Waals surface area contributed by atoms with Crippen molar-refractivity contribution in [2.45, 2.75) is 6.92 Å². The number of aromatic nitrogens is 4. The minimum absolute atomic E-state index is 0.573. The van der Waals surface area contributed by atoms with Crippen LogP contribution in [0.5, 0.6) is 28.7 Å². The number of hydrogen-bond donors (Lipinski definition) is 2. The molecular formula is C22H20N6O3. The van der Waals surface area contributed by atoms with E-state index in [1.165, 1.54) is 6.20 Å². The Balaban J connectivity index is 1.41. The first-order valence-corrected chi connectivity index (χ1v) is 9.41. The lowest BCUT2D eigenvalue weighted by Gasteiger charge is -2.15. The zero-order valence-electron chi connectivity index (χ0n) is 16.9. The van der Waals surface area contributed by atoms with Gasteiger partial charge in [0.05, 0.1) is 43.3 Å². The molecule has 0 saturated carbocycles. The largest absolute Gasteiger partial charge is 0.493 e. The molecule has 0 aliphatic rings. The van der Waals surface area contributed by atoms with E-state index in [4.69, 9.17) is 14.2 Å². The van der Waals surface area contributed by atoms with Gasteiger partial charge in [-0.25, -0.2) is 0 Å². The van der Waals surface area contributed by atoms with E-state index in [9.17, 15) is 0 Å². The SMILES string of the molecule is COc1cc(NNc2ccc(Oc3ccnnc3)cc2C)ccc1Oc1ccnnc1. The molecule has 0 saturated heterocycles. The van der Waals surface area contributed by atoms with Gasteiger partial charge in [-0.05, 0) is 42.8 Å². The summed E-state index contributed by atoms with van der Waals surface area (Å²) in [5.74, 6) is 3.07. The van der Waals surface area contributed by atoms with Crippen molar-refractivity contribution in [3.8, 4) is 28.7 Å². The van der Waals surface area contributed by atoms with Crippen LogP contribution >= 0.6 is 0 Å². The Bertz CT molecular complexity index is 1140. The molecule has 0 aliphatic heterocycles. The quantitative estimate of drug-likeness (QED) is 0.399. The minimum atomic E-state index is 0.573. The predicted octanol–water partition coefficient (Wildman–Crippen LogP) is 4.61. The number of anilines is 2. The van der Waals surface area contributed by atoms with E-state index in [-0.39, 0.29) is 0 Å². The molecule has 0 atom stereocenters. The molecule has 2 heterocycles. The summed E-state index contributed by atoms with van der Waals surface area (Å²) in [6, 6.07) is 14.7. The van der Waals surface area contributed by atoms with E-state index >= 15 is 0 Å². The van der Waals surface area contributed by atoms with Gasteiger partial charge in [-0.3, -0.25) is 0 Å². The molecule has 0 aliphatic carbocycles. The summed E-state index contributed by atoms with van der Waals surface area (Å²) in [5, 5.41) is 15.1. The van der Waals surface area contributed by atoms with Crippen LogP contribution in [0, 0.1) is 6.92 Å². The Morgan fingerprint density at radius 1 is 0.677 bits per heavy atom. The molecule has 0 spiro atoms. The smallest absolute Gasteiger partial charge is 0.169 e. The number of hydrazine groups is 1. The van der Waals surface area contributed by atoms with Crippen LogP contribution in [0.4, 0.5) is 11.4 Å². The monoisotopic (exact) mass is 416 g/mol. The van der Waals surface area contributed by atoms with Gasteiger partial charge < -0.3 is 25.1 Å². The average Bonchev–Trinajstić information content (AvgIpc) is 2.80. The zero-order valence-corrected chi connectivity index (χ0v) is 16.9. The van der Waals surface area contributed by atoms with E-state index < -0.39 is 0 Å². The number of methoxy groups -OCH3 is 1. The van der Waals surface area contributed by atoms with Crippen LogP contribution in [0.3, 0.4) is 0 Å². The molecule has 2 aromatic carbocycles. The number of hydrogen-bond acceptors (Lipinski definition) is 9. The molecule has 0 bridgehead atoms. The van der Waals surface area contributed by atoms with Gasteiger partial charge in [-0.2, -0.15) is 20.4 Å². The first kappa shape index (κ1) is 19.9. The van der Waals surface area contributed by atoms with Gasteiger partial charge in [0.1, 0.15) is 17.2 Å². The lowest BCUT2D eigenvalue weighted by Crippen LogP contribution is -2.10. The number of ether oxygens (including phenoxy) is 3. The zero-order chi connectivity index (χ0) is 21.5. The van der Waals surface area contributed by atoms with Gasteiger partial charge in [0.25, 0.3) is 0 Å². The van der Waals surface area contributed by atoms with Crippen molar-refractivity contribution < 1.29 is 14.2 Å². The Morgan fingerprint density at radius 3 is 2.06 bits per heavy atom. The highest BCUT2D eigenvalue weighted by molar-refractivity contribution is 5.61. The van der Waals surface area contributed by atoms with Crippen molar-refractivity contribution in [3.05, 3.63) is 78.9 Å². The number of nitrogens with zero attached hydrogens (tertiary/aromatic N) is 4. The Kier molecular flexibility index (Phi) is 6.03. The van der Waals surface area contributed by atoms with E-state index in [1.807, 2.05) is 43.3 Å². The van der Waals surface area contributed by atoms with Crippen molar-refractivity contribution in [2.24, 2.45) is 0 Å². The van der Waals surface area contributed by atoms with Gasteiger partial charge in [-0.15, -0.1) is 0 Å². The van der Waals surface area contributed by atoms with E-state index in [1.54, 1.807) is 37.8 Å². The van der Waals surface area contributed by atoms with Gasteiger partial charge in [0, 0.05) is 18.2 Å². The summed E-state index contributed by atoms with van der Waals surface area (Å²) in [7, 11) is 1.59. The van der Waals surface area contributed by atoms with E-state index in [2.05, 4.69) is 31.2 Å².